The van der Waals surface area contributed by atoms with E-state index in [4.69, 9.17) is 4.74 Å². The number of fused-ring (bicyclic) bond motifs is 3. The van der Waals surface area contributed by atoms with Crippen LogP contribution in [0.4, 0.5) is 0 Å². The van der Waals surface area contributed by atoms with Crippen molar-refractivity contribution >= 4 is 0 Å². The molecule has 0 amide bonds. The molecule has 1 aliphatic heterocycles. The molecule has 0 fully saturated rings. The third kappa shape index (κ3) is 1.02. The van der Waals surface area contributed by atoms with Gasteiger partial charge >= 0.3 is 0 Å². The van der Waals surface area contributed by atoms with Crippen molar-refractivity contribution in [3.05, 3.63) is 60.7 Å². The largest absolute Gasteiger partial charge is 0.472 e. The molecule has 66 valence electrons. The average molecular weight is 180 g/mol. The number of hydrogen-bond donors (Lipinski definition) is 0. The van der Waals surface area contributed by atoms with E-state index in [0.29, 0.717) is 0 Å². The van der Waals surface area contributed by atoms with Gasteiger partial charge in [-0.05, 0) is 11.6 Å². The number of benzene rings is 2. The van der Waals surface area contributed by atoms with Crippen LogP contribution in [0.5, 0.6) is 5.75 Å². The zero-order chi connectivity index (χ0) is 9.38. The Labute approximate surface area is 83.0 Å². The Morgan fingerprint density at radius 2 is 1.50 bits per heavy atom. The molecule has 0 bridgehead atoms. The van der Waals surface area contributed by atoms with E-state index in [1.165, 1.54) is 5.56 Å². The van der Waals surface area contributed by atoms with E-state index in [2.05, 4.69) is 18.7 Å². The van der Waals surface area contributed by atoms with Gasteiger partial charge in [-0.15, -0.1) is 0 Å². The Kier molecular flexibility index (Phi) is 1.57. The van der Waals surface area contributed by atoms with Gasteiger partial charge in [0, 0.05) is 11.1 Å². The molecule has 0 unspecified atom stereocenters. The van der Waals surface area contributed by atoms with Gasteiger partial charge in [-0.3, -0.25) is 0 Å². The zero-order valence-electron chi connectivity index (χ0n) is 7.53. The van der Waals surface area contributed by atoms with Gasteiger partial charge in [0.05, 0.1) is 0 Å². The van der Waals surface area contributed by atoms with Crippen LogP contribution < -0.4 is 4.74 Å². The van der Waals surface area contributed by atoms with E-state index in [1.807, 2.05) is 36.4 Å². The Bertz CT molecular complexity index is 429. The third-order valence-corrected chi connectivity index (χ3v) is 2.38. The highest BCUT2D eigenvalue weighted by atomic mass is 16.5. The maximum absolute atomic E-state index is 5.40. The molecule has 1 nitrogen and oxygen atoms in total. The van der Waals surface area contributed by atoms with Crippen molar-refractivity contribution in [1.82, 2.24) is 0 Å². The van der Waals surface area contributed by atoms with Gasteiger partial charge in [-0.2, -0.15) is 0 Å². The molecule has 2 aromatic rings. The van der Waals surface area contributed by atoms with E-state index < -0.39 is 0 Å². The van der Waals surface area contributed by atoms with Crippen molar-refractivity contribution in [2.45, 2.75) is 0 Å². The first kappa shape index (κ1) is 7.63. The summed E-state index contributed by atoms with van der Waals surface area (Å²) in [6, 6.07) is 16.1. The van der Waals surface area contributed by atoms with Crippen molar-refractivity contribution < 1.29 is 4.74 Å². The zero-order valence-corrected chi connectivity index (χ0v) is 7.53. The van der Waals surface area contributed by atoms with Crippen molar-refractivity contribution in [3.8, 4) is 16.9 Å². The van der Waals surface area contributed by atoms with Crippen LogP contribution in [0, 0.1) is 6.61 Å². The lowest BCUT2D eigenvalue weighted by molar-refractivity contribution is 0.425. The number of hydrogen-bond acceptors (Lipinski definition) is 1. The van der Waals surface area contributed by atoms with Crippen LogP contribution in [0.3, 0.4) is 0 Å². The molecule has 14 heavy (non-hydrogen) atoms. The number of ether oxygens (including phenoxy) is 1. The van der Waals surface area contributed by atoms with E-state index in [0.717, 1.165) is 16.9 Å². The lowest BCUT2D eigenvalue weighted by Gasteiger charge is -2.18. The molecule has 1 heteroatoms. The highest BCUT2D eigenvalue weighted by Crippen LogP contribution is 2.37. The Balaban J connectivity index is 2.29. The smallest absolute Gasteiger partial charge is 0.231 e. The second-order valence-electron chi connectivity index (χ2n) is 3.25. The maximum atomic E-state index is 5.40. The lowest BCUT2D eigenvalue weighted by atomic mass is 9.97. The molecule has 0 spiro atoms. The van der Waals surface area contributed by atoms with Crippen LogP contribution in [0.15, 0.2) is 48.5 Å². The molecule has 0 saturated heterocycles. The maximum Gasteiger partial charge on any atom is 0.231 e. The average Bonchev–Trinajstić information content (AvgIpc) is 2.29. The van der Waals surface area contributed by atoms with Crippen LogP contribution in [0.25, 0.3) is 11.1 Å². The van der Waals surface area contributed by atoms with Crippen LogP contribution in [-0.2, 0) is 0 Å². The minimum Gasteiger partial charge on any atom is -0.472 e. The van der Waals surface area contributed by atoms with Gasteiger partial charge in [-0.25, -0.2) is 0 Å². The van der Waals surface area contributed by atoms with Crippen LogP contribution in [0.1, 0.15) is 5.56 Å². The molecule has 0 N–H and O–H groups in total. The Hall–Kier alpha value is -1.76. The van der Waals surface area contributed by atoms with Gasteiger partial charge in [0.1, 0.15) is 5.75 Å². The second-order valence-corrected chi connectivity index (χ2v) is 3.25. The Morgan fingerprint density at radius 3 is 2.43 bits per heavy atom. The summed E-state index contributed by atoms with van der Waals surface area (Å²) >= 11 is 0. The van der Waals surface area contributed by atoms with E-state index >= 15 is 0 Å². The van der Waals surface area contributed by atoms with Crippen molar-refractivity contribution in [2.75, 3.05) is 0 Å². The van der Waals surface area contributed by atoms with Gasteiger partial charge in [0.2, 0.25) is 6.61 Å². The highest BCUT2D eigenvalue weighted by molar-refractivity contribution is 5.76. The summed E-state index contributed by atoms with van der Waals surface area (Å²) in [5.74, 6) is 0.881. The summed E-state index contributed by atoms with van der Waals surface area (Å²) in [4.78, 5) is 0. The summed E-state index contributed by atoms with van der Waals surface area (Å²) in [6.45, 7) is 2.92. The normalized spacial score (nSPS) is 12.6. The van der Waals surface area contributed by atoms with Gasteiger partial charge in [-0.1, -0.05) is 42.5 Å². The van der Waals surface area contributed by atoms with Crippen molar-refractivity contribution in [1.29, 1.82) is 0 Å². The van der Waals surface area contributed by atoms with E-state index in [1.54, 1.807) is 0 Å². The lowest BCUT2D eigenvalue weighted by Crippen LogP contribution is -2.02. The van der Waals surface area contributed by atoms with Gasteiger partial charge in [0.25, 0.3) is 0 Å². The fraction of sp³-hybridized carbons (Fsp3) is 0. The molecular formula is C13H8O. The SMILES string of the molecule is [C]1Oc2ccccc2-c2ccccc21. The topological polar surface area (TPSA) is 9.23 Å². The first-order valence-electron chi connectivity index (χ1n) is 4.56. The van der Waals surface area contributed by atoms with Crippen molar-refractivity contribution in [3.63, 3.8) is 0 Å². The standard InChI is InChI=1S/C13H8O/c1-2-6-11-10(5-1)9-14-13-8-4-3-7-12(11)13/h1-8H. The molecule has 0 saturated carbocycles. The molecule has 3 rings (SSSR count). The summed E-state index contributed by atoms with van der Waals surface area (Å²) in [5, 5.41) is 0. The first-order chi connectivity index (χ1) is 6.95. The highest BCUT2D eigenvalue weighted by Gasteiger charge is 2.16. The summed E-state index contributed by atoms with van der Waals surface area (Å²) in [5.41, 5.74) is 3.35. The molecule has 1 aliphatic rings. The van der Waals surface area contributed by atoms with Crippen LogP contribution >= 0.6 is 0 Å². The van der Waals surface area contributed by atoms with Gasteiger partial charge < -0.3 is 4.74 Å². The molecule has 0 aliphatic carbocycles. The van der Waals surface area contributed by atoms with Crippen LogP contribution in [-0.4, -0.2) is 0 Å². The molecular weight excluding hydrogens is 172 g/mol. The fourth-order valence-corrected chi connectivity index (χ4v) is 1.70. The van der Waals surface area contributed by atoms with Gasteiger partial charge in [0.15, 0.2) is 0 Å². The quantitative estimate of drug-likeness (QED) is 0.605. The molecule has 1 heterocycles. The predicted molar refractivity (Wildman–Crippen MR) is 54.9 cm³/mol. The predicted octanol–water partition coefficient (Wildman–Crippen LogP) is 3.13. The van der Waals surface area contributed by atoms with Crippen molar-refractivity contribution in [2.24, 2.45) is 0 Å². The van der Waals surface area contributed by atoms with E-state index in [9.17, 15) is 0 Å². The van der Waals surface area contributed by atoms with Crippen LogP contribution in [0.2, 0.25) is 0 Å². The first-order valence-corrected chi connectivity index (χ1v) is 4.56. The summed E-state index contributed by atoms with van der Waals surface area (Å²) in [7, 11) is 0. The molecule has 2 aromatic carbocycles. The third-order valence-electron chi connectivity index (χ3n) is 2.38. The minimum absolute atomic E-state index is 0.881. The summed E-state index contributed by atoms with van der Waals surface area (Å²) in [6.07, 6.45) is 0. The number of rotatable bonds is 0. The molecule has 0 atom stereocenters. The second kappa shape index (κ2) is 2.88. The van der Waals surface area contributed by atoms with E-state index in [-0.39, 0.29) is 0 Å². The number of para-hydroxylation sites is 1. The summed E-state index contributed by atoms with van der Waals surface area (Å²) < 4.78 is 5.40. The minimum atomic E-state index is 0.881. The molecule has 2 radical (unpaired) electrons. The Morgan fingerprint density at radius 1 is 0.786 bits per heavy atom. The fourth-order valence-electron chi connectivity index (χ4n) is 1.70. The monoisotopic (exact) mass is 180 g/mol. The molecule has 0 aromatic heterocycles.